The van der Waals surface area contributed by atoms with Crippen LogP contribution < -0.4 is 0 Å². The molecule has 1 aromatic carbocycles. The van der Waals surface area contributed by atoms with Gasteiger partial charge in [-0.15, -0.1) is 0 Å². The monoisotopic (exact) mass is 268 g/mol. The summed E-state index contributed by atoms with van der Waals surface area (Å²) in [5, 5.41) is 20.3. The Bertz CT molecular complexity index is 365. The summed E-state index contributed by atoms with van der Waals surface area (Å²) in [6, 6.07) is 4.20. The molecule has 18 heavy (non-hydrogen) atoms. The van der Waals surface area contributed by atoms with Gasteiger partial charge in [-0.05, 0) is 48.6 Å². The van der Waals surface area contributed by atoms with Gasteiger partial charge in [-0.2, -0.15) is 12.6 Å². The molecule has 0 aliphatic heterocycles. The molecule has 2 nitrogen and oxygen atoms in total. The fourth-order valence-electron chi connectivity index (χ4n) is 2.40. The number of aliphatic hydroxyl groups is 2. The molecule has 0 aliphatic carbocycles. The van der Waals surface area contributed by atoms with Gasteiger partial charge >= 0.3 is 0 Å². The van der Waals surface area contributed by atoms with E-state index in [4.69, 9.17) is 0 Å². The second kappa shape index (κ2) is 7.17. The zero-order chi connectivity index (χ0) is 13.7. The molecular weight excluding hydrogens is 244 g/mol. The molecule has 0 spiro atoms. The minimum Gasteiger partial charge on any atom is -0.390 e. The molecule has 1 aromatic rings. The lowest BCUT2D eigenvalue weighted by molar-refractivity contribution is 0.0162. The molecule has 2 atom stereocenters. The number of hydrogen-bond acceptors (Lipinski definition) is 3. The molecule has 102 valence electrons. The Kier molecular flexibility index (Phi) is 6.19. The van der Waals surface area contributed by atoms with Gasteiger partial charge in [-0.25, -0.2) is 0 Å². The van der Waals surface area contributed by atoms with Crippen molar-refractivity contribution in [1.29, 1.82) is 0 Å². The smallest absolute Gasteiger partial charge is 0.105 e. The number of hydrogen-bond donors (Lipinski definition) is 3. The Morgan fingerprint density at radius 1 is 1.11 bits per heavy atom. The van der Waals surface area contributed by atoms with Gasteiger partial charge in [-0.1, -0.05) is 31.5 Å². The normalized spacial score (nSPS) is 14.6. The van der Waals surface area contributed by atoms with Crippen LogP contribution in [0.4, 0.5) is 0 Å². The zero-order valence-electron chi connectivity index (χ0n) is 11.5. The van der Waals surface area contributed by atoms with Crippen LogP contribution in [0.15, 0.2) is 12.1 Å². The summed E-state index contributed by atoms with van der Waals surface area (Å²) < 4.78 is 0. The van der Waals surface area contributed by atoms with Gasteiger partial charge in [0.2, 0.25) is 0 Å². The first-order chi connectivity index (χ1) is 8.54. The fourth-order valence-corrected chi connectivity index (χ4v) is 2.67. The van der Waals surface area contributed by atoms with Crippen LogP contribution in [-0.4, -0.2) is 22.1 Å². The summed E-state index contributed by atoms with van der Waals surface area (Å²) >= 11 is 4.11. The van der Waals surface area contributed by atoms with Gasteiger partial charge in [0.25, 0.3) is 0 Å². The maximum Gasteiger partial charge on any atom is 0.105 e. The summed E-state index contributed by atoms with van der Waals surface area (Å²) in [6.07, 6.45) is 0.705. The Labute approximate surface area is 115 Å². The summed E-state index contributed by atoms with van der Waals surface area (Å²) in [4.78, 5) is 0. The first-order valence-electron chi connectivity index (χ1n) is 6.64. The molecule has 0 aliphatic rings. The van der Waals surface area contributed by atoms with E-state index >= 15 is 0 Å². The van der Waals surface area contributed by atoms with Gasteiger partial charge in [0.15, 0.2) is 0 Å². The third-order valence-electron chi connectivity index (χ3n) is 3.34. The van der Waals surface area contributed by atoms with Crippen LogP contribution in [-0.2, 0) is 12.8 Å². The topological polar surface area (TPSA) is 40.5 Å². The maximum atomic E-state index is 10.4. The largest absolute Gasteiger partial charge is 0.390 e. The SMILES string of the molecule is CCc1cc(C)cc(CC)c1C(O)C(O)CCS. The van der Waals surface area contributed by atoms with Crippen molar-refractivity contribution in [3.8, 4) is 0 Å². The van der Waals surface area contributed by atoms with Crippen LogP contribution in [0, 0.1) is 6.92 Å². The lowest BCUT2D eigenvalue weighted by Gasteiger charge is -2.23. The molecule has 0 heterocycles. The maximum absolute atomic E-state index is 10.4. The Morgan fingerprint density at radius 2 is 1.61 bits per heavy atom. The summed E-state index contributed by atoms with van der Waals surface area (Å²) in [5.41, 5.74) is 4.40. The predicted molar refractivity (Wildman–Crippen MR) is 79.4 cm³/mol. The van der Waals surface area contributed by atoms with Crippen LogP contribution in [0.2, 0.25) is 0 Å². The summed E-state index contributed by atoms with van der Waals surface area (Å²) in [7, 11) is 0. The van der Waals surface area contributed by atoms with E-state index < -0.39 is 12.2 Å². The number of aliphatic hydroxyl groups excluding tert-OH is 2. The van der Waals surface area contributed by atoms with Crippen molar-refractivity contribution in [2.45, 2.75) is 52.2 Å². The number of aryl methyl sites for hydroxylation is 3. The predicted octanol–water partition coefficient (Wildman–Crippen LogP) is 2.83. The third-order valence-corrected chi connectivity index (χ3v) is 3.60. The summed E-state index contributed by atoms with van der Waals surface area (Å²) in [6.45, 7) is 6.23. The minimum atomic E-state index is -0.803. The van der Waals surface area contributed by atoms with Gasteiger partial charge in [0.1, 0.15) is 6.10 Å². The molecule has 0 bridgehead atoms. The van der Waals surface area contributed by atoms with Crippen molar-refractivity contribution in [1.82, 2.24) is 0 Å². The lowest BCUT2D eigenvalue weighted by Crippen LogP contribution is -2.21. The number of rotatable bonds is 6. The third kappa shape index (κ3) is 3.50. The van der Waals surface area contributed by atoms with Crippen LogP contribution >= 0.6 is 12.6 Å². The van der Waals surface area contributed by atoms with Gasteiger partial charge < -0.3 is 10.2 Å². The Hall–Kier alpha value is -0.510. The van der Waals surface area contributed by atoms with E-state index in [-0.39, 0.29) is 0 Å². The standard InChI is InChI=1S/C15H24O2S/c1-4-11-8-10(3)9-12(5-2)14(11)15(17)13(16)6-7-18/h8-9,13,15-18H,4-7H2,1-3H3. The molecule has 0 saturated heterocycles. The van der Waals surface area contributed by atoms with Crippen molar-refractivity contribution < 1.29 is 10.2 Å². The van der Waals surface area contributed by atoms with E-state index in [1.807, 2.05) is 0 Å². The highest BCUT2D eigenvalue weighted by molar-refractivity contribution is 7.80. The van der Waals surface area contributed by atoms with Crippen LogP contribution in [0.25, 0.3) is 0 Å². The molecule has 0 saturated carbocycles. The Balaban J connectivity index is 3.19. The van der Waals surface area contributed by atoms with Crippen molar-refractivity contribution in [3.05, 3.63) is 34.4 Å². The van der Waals surface area contributed by atoms with Crippen molar-refractivity contribution >= 4 is 12.6 Å². The minimum absolute atomic E-state index is 0.504. The fraction of sp³-hybridized carbons (Fsp3) is 0.600. The molecule has 0 amide bonds. The lowest BCUT2D eigenvalue weighted by atomic mass is 9.89. The van der Waals surface area contributed by atoms with E-state index in [2.05, 4.69) is 45.5 Å². The first-order valence-corrected chi connectivity index (χ1v) is 7.27. The van der Waals surface area contributed by atoms with E-state index in [1.54, 1.807) is 0 Å². The van der Waals surface area contributed by atoms with Crippen molar-refractivity contribution in [3.63, 3.8) is 0 Å². The molecule has 1 rings (SSSR count). The van der Waals surface area contributed by atoms with Crippen LogP contribution in [0.3, 0.4) is 0 Å². The quantitative estimate of drug-likeness (QED) is 0.694. The zero-order valence-corrected chi connectivity index (χ0v) is 12.4. The molecular formula is C15H24O2S. The second-order valence-electron chi connectivity index (χ2n) is 4.73. The highest BCUT2D eigenvalue weighted by Crippen LogP contribution is 2.29. The molecule has 2 unspecified atom stereocenters. The first kappa shape index (κ1) is 15.5. The average Bonchev–Trinajstić information content (AvgIpc) is 2.36. The van der Waals surface area contributed by atoms with Crippen LogP contribution in [0.5, 0.6) is 0 Å². The highest BCUT2D eigenvalue weighted by atomic mass is 32.1. The number of benzene rings is 1. The van der Waals surface area contributed by atoms with Crippen molar-refractivity contribution in [2.75, 3.05) is 5.75 Å². The molecule has 2 N–H and O–H groups in total. The second-order valence-corrected chi connectivity index (χ2v) is 5.18. The van der Waals surface area contributed by atoms with E-state index in [1.165, 1.54) is 5.56 Å². The average molecular weight is 268 g/mol. The molecule has 0 aromatic heterocycles. The Morgan fingerprint density at radius 3 is 2.00 bits per heavy atom. The molecule has 3 heteroatoms. The summed E-state index contributed by atoms with van der Waals surface area (Å²) in [5.74, 6) is 0.576. The van der Waals surface area contributed by atoms with E-state index in [9.17, 15) is 10.2 Å². The van der Waals surface area contributed by atoms with Crippen molar-refractivity contribution in [2.24, 2.45) is 0 Å². The van der Waals surface area contributed by atoms with Crippen LogP contribution in [0.1, 0.15) is 48.6 Å². The van der Waals surface area contributed by atoms with Gasteiger partial charge in [-0.3, -0.25) is 0 Å². The van der Waals surface area contributed by atoms with E-state index in [0.717, 1.165) is 29.5 Å². The molecule has 0 fully saturated rings. The van der Waals surface area contributed by atoms with E-state index in [0.29, 0.717) is 12.2 Å². The van der Waals surface area contributed by atoms with Gasteiger partial charge in [0.05, 0.1) is 6.10 Å². The molecule has 0 radical (unpaired) electrons. The number of thiol groups is 1. The van der Waals surface area contributed by atoms with Gasteiger partial charge in [0, 0.05) is 0 Å². The highest BCUT2D eigenvalue weighted by Gasteiger charge is 2.22.